The molecule has 9 aromatic rings. The number of ketones is 1. The first-order chi connectivity index (χ1) is 52.1. The maximum Gasteiger partial charge on any atom is 0.338 e. The number of hydrogen-bond acceptors (Lipinski definition) is 21. The molecule has 1 aliphatic rings. The Morgan fingerprint density at radius 2 is 1.28 bits per heavy atom. The minimum Gasteiger partial charge on any atom is -0.744 e. The van der Waals surface area contributed by atoms with Crippen molar-refractivity contribution >= 4 is 118 Å². The van der Waals surface area contributed by atoms with Crippen molar-refractivity contribution in [2.75, 3.05) is 44.0 Å². The average Bonchev–Trinajstić information content (AvgIpc) is 1.22. The molecule has 1 atom stereocenters. The van der Waals surface area contributed by atoms with Gasteiger partial charge in [0.1, 0.15) is 61.2 Å². The van der Waals surface area contributed by atoms with Gasteiger partial charge in [0.15, 0.2) is 17.6 Å². The molecule has 0 aromatic heterocycles. The minimum atomic E-state index is -5.38. The van der Waals surface area contributed by atoms with Crippen LogP contribution in [0.5, 0.6) is 34.5 Å². The van der Waals surface area contributed by atoms with Crippen LogP contribution in [-0.2, 0) is 45.9 Å². The first-order valence-corrected chi connectivity index (χ1v) is 38.4. The third-order valence-electron chi connectivity index (χ3n) is 17.6. The number of amides is 6. The van der Waals surface area contributed by atoms with Crippen molar-refractivity contribution in [1.29, 1.82) is 0 Å². The number of rotatable bonds is 34. The predicted molar refractivity (Wildman–Crippen MR) is 408 cm³/mol. The number of carbonyl (C=O) groups is 7. The van der Waals surface area contributed by atoms with Crippen molar-refractivity contribution in [3.63, 3.8) is 0 Å². The molecule has 26 nitrogen and oxygen atoms in total. The highest BCUT2D eigenvalue weighted by atomic mass is 35.5. The largest absolute Gasteiger partial charge is 0.744 e. The van der Waals surface area contributed by atoms with Crippen LogP contribution < -0.4 is 30.2 Å². The second-order valence-electron chi connectivity index (χ2n) is 25.8. The molecule has 1 unspecified atom stereocenters. The summed E-state index contributed by atoms with van der Waals surface area (Å²) in [5.74, 6) is -3.65. The Morgan fingerprint density at radius 1 is 0.642 bits per heavy atom. The number of halogens is 1. The number of unbranched alkanes of at least 4 members (excludes halogenated alkanes) is 10. The molecular weight excluding hydrogens is 1460 g/mol. The zero-order valence-electron chi connectivity index (χ0n) is 60.5. The number of hydrogen-bond donors (Lipinski definition) is 5. The van der Waals surface area contributed by atoms with E-state index in [-0.39, 0.29) is 86.5 Å². The Labute approximate surface area is 635 Å². The van der Waals surface area contributed by atoms with Crippen molar-refractivity contribution in [2.24, 2.45) is 10.2 Å². The lowest BCUT2D eigenvalue weighted by Crippen LogP contribution is -2.52. The third kappa shape index (κ3) is 22.0. The van der Waals surface area contributed by atoms with Crippen LogP contribution in [0.4, 0.5) is 27.5 Å². The zero-order valence-corrected chi connectivity index (χ0v) is 62.9. The first-order valence-electron chi connectivity index (χ1n) is 35.2. The molecule has 1 aliphatic heterocycles. The van der Waals surface area contributed by atoms with Gasteiger partial charge in [-0.3, -0.25) is 24.0 Å². The molecule has 1 fully saturated rings. The SMILES string of the molecule is CC(=O)Nc1cc(S(=O)(=O)[O-])cc2cc(S(=O)(=O)[O-])c(N=Nc3ccc(Oc4cc(C(=O)NCCCCOc5ccc(C)cc5C)c(O)c5ccccc45)cc3)c(O)c12.CCCCCCCCCCCCOC(=O)c1ccc(Cl)c(NC(=O)C(C(=O)c2ccc(OC)cc2)N2C(=O)CN(Cc3ccccc3)C2=O)c1. The highest BCUT2D eigenvalue weighted by Gasteiger charge is 2.47. The Bertz CT molecular complexity index is 5110. The molecule has 0 radical (unpaired) electrons. The molecule has 0 saturated carbocycles. The van der Waals surface area contributed by atoms with Gasteiger partial charge in [-0.2, -0.15) is 5.11 Å². The molecule has 109 heavy (non-hydrogen) atoms. The van der Waals surface area contributed by atoms with Gasteiger partial charge in [0, 0.05) is 41.7 Å². The first kappa shape index (κ1) is 81.8. The number of azo groups is 1. The number of nitrogens with one attached hydrogen (secondary N) is 3. The van der Waals surface area contributed by atoms with Gasteiger partial charge in [-0.1, -0.05) is 149 Å². The van der Waals surface area contributed by atoms with Gasteiger partial charge in [0.25, 0.3) is 17.7 Å². The summed E-state index contributed by atoms with van der Waals surface area (Å²) in [4.78, 5) is 92.8. The van der Waals surface area contributed by atoms with E-state index in [0.717, 1.165) is 60.8 Å². The van der Waals surface area contributed by atoms with Crippen molar-refractivity contribution in [3.8, 4) is 34.5 Å². The van der Waals surface area contributed by atoms with Gasteiger partial charge >= 0.3 is 12.0 Å². The molecule has 1 saturated heterocycles. The maximum atomic E-state index is 13.9. The highest BCUT2D eigenvalue weighted by Crippen LogP contribution is 2.46. The minimum absolute atomic E-state index is 0.0116. The van der Waals surface area contributed by atoms with E-state index in [2.05, 4.69) is 33.1 Å². The molecule has 29 heteroatoms. The summed E-state index contributed by atoms with van der Waals surface area (Å²) < 4.78 is 94.8. The number of benzene rings is 9. The van der Waals surface area contributed by atoms with E-state index < -0.39 is 88.9 Å². The number of phenolic OH excluding ortho intramolecular Hbond substituents is 2. The van der Waals surface area contributed by atoms with Crippen LogP contribution in [-0.4, -0.2) is 127 Å². The number of fused-ring (bicyclic) bond motifs is 2. The summed E-state index contributed by atoms with van der Waals surface area (Å²) in [6.07, 6.45) is 12.9. The number of esters is 1. The number of urea groups is 1. The van der Waals surface area contributed by atoms with E-state index in [1.54, 1.807) is 36.4 Å². The fourth-order valence-corrected chi connectivity index (χ4v) is 13.4. The normalized spacial score (nSPS) is 12.6. The molecule has 572 valence electrons. The lowest BCUT2D eigenvalue weighted by Gasteiger charge is -2.25. The summed E-state index contributed by atoms with van der Waals surface area (Å²) in [7, 11) is -9.03. The van der Waals surface area contributed by atoms with Crippen LogP contribution in [0.25, 0.3) is 21.5 Å². The topological polar surface area (TPSA) is 379 Å². The molecular formula is C80H82ClN7O19S2-2. The predicted octanol–water partition coefficient (Wildman–Crippen LogP) is 15.7. The van der Waals surface area contributed by atoms with Crippen molar-refractivity contribution < 1.29 is 88.7 Å². The third-order valence-corrected chi connectivity index (χ3v) is 19.6. The number of aryl methyl sites for hydroxylation is 2. The van der Waals surface area contributed by atoms with Crippen LogP contribution in [0.1, 0.15) is 139 Å². The van der Waals surface area contributed by atoms with Gasteiger partial charge in [-0.15, -0.1) is 5.11 Å². The molecule has 6 amide bonds. The molecule has 0 bridgehead atoms. The molecule has 10 rings (SSSR count). The van der Waals surface area contributed by atoms with Gasteiger partial charge in [-0.25, -0.2) is 31.3 Å². The fraction of sp³-hybridized carbons (Fsp3) is 0.287. The van der Waals surface area contributed by atoms with Crippen LogP contribution >= 0.6 is 11.6 Å². The average molecular weight is 1550 g/mol. The van der Waals surface area contributed by atoms with Crippen molar-refractivity contribution in [1.82, 2.24) is 15.1 Å². The van der Waals surface area contributed by atoms with Gasteiger partial charge < -0.3 is 59.1 Å². The summed E-state index contributed by atoms with van der Waals surface area (Å²) >= 11 is 6.41. The number of nitrogens with zero attached hydrogens (tertiary/aromatic N) is 4. The van der Waals surface area contributed by atoms with Gasteiger partial charge in [-0.05, 0) is 147 Å². The van der Waals surface area contributed by atoms with E-state index in [1.807, 2.05) is 62.4 Å². The number of Topliss-reactive ketones (excluding diaryl/α,β-unsaturated/α-hetero) is 1. The molecule has 5 N–H and O–H groups in total. The van der Waals surface area contributed by atoms with Crippen LogP contribution in [0.15, 0.2) is 184 Å². The Morgan fingerprint density at radius 3 is 1.94 bits per heavy atom. The lowest BCUT2D eigenvalue weighted by atomic mass is 10.0. The molecule has 0 spiro atoms. The zero-order chi connectivity index (χ0) is 78.5. The number of phenols is 2. The molecule has 9 aromatic carbocycles. The van der Waals surface area contributed by atoms with E-state index in [1.165, 1.54) is 118 Å². The van der Waals surface area contributed by atoms with Crippen LogP contribution in [0.3, 0.4) is 0 Å². The van der Waals surface area contributed by atoms with E-state index in [0.29, 0.717) is 53.5 Å². The maximum absolute atomic E-state index is 13.9. The number of carbonyl (C=O) groups excluding carboxylic acids is 7. The summed E-state index contributed by atoms with van der Waals surface area (Å²) in [5, 5.41) is 38.0. The highest BCUT2D eigenvalue weighted by molar-refractivity contribution is 7.86. The standard InChI is InChI=1S/C41H38N4O12S2.C39H46ClN3O7/c1-23-10-15-34(24(2)18-23)56-17-7-6-16-42-41(49)32-22-35(30-8-4-5-9-31(30)39(32)47)57-28-13-11-27(12-14-28)44-45-38-36(59(53,54)55)20-26-19-29(58(50,51)52)21-33(43-25(3)46)37(26)40(38)48;1-3-4-5-6-7-8-9-10-11-15-24-50-38(47)30-20-23-32(40)33(25-30)41-37(46)35(36(45)29-18-21-31(49-2)22-19-29)43-34(44)27-42(39(43)48)26-28-16-13-12-14-17-28/h4-5,8-15,18-22,47-48H,6-7,16-17H2,1-3H3,(H,42,49)(H,43,46)(H,50,51,52)(H,53,54,55);12-14,16-23,25,35H,3-11,15,24,26-27H2,1-2H3,(H,41,46)/p-2. The number of aromatic hydroxyl groups is 2. The number of imide groups is 1. The number of ether oxygens (including phenoxy) is 4. The Kier molecular flexibility index (Phi) is 28.5. The van der Waals surface area contributed by atoms with E-state index in [4.69, 9.17) is 30.5 Å². The lowest BCUT2D eigenvalue weighted by molar-refractivity contribution is -0.131. The smallest absolute Gasteiger partial charge is 0.338 e. The van der Waals surface area contributed by atoms with E-state index >= 15 is 0 Å². The second kappa shape index (κ2) is 38.0. The van der Waals surface area contributed by atoms with Crippen molar-refractivity contribution in [2.45, 2.75) is 127 Å². The van der Waals surface area contributed by atoms with E-state index in [9.17, 15) is 69.7 Å². The van der Waals surface area contributed by atoms with Crippen LogP contribution in [0, 0.1) is 13.8 Å². The Hall–Kier alpha value is -11.3. The number of anilines is 2. The quantitative estimate of drug-likeness (QED) is 0.00475. The van der Waals surface area contributed by atoms with Gasteiger partial charge in [0.05, 0.1) is 63.3 Å². The monoisotopic (exact) mass is 1540 g/mol. The summed E-state index contributed by atoms with van der Waals surface area (Å²) in [6.45, 7) is 8.13. The van der Waals surface area contributed by atoms with Gasteiger partial charge in [0.2, 0.25) is 5.91 Å². The molecule has 1 heterocycles. The summed E-state index contributed by atoms with van der Waals surface area (Å²) in [5.41, 5.74) is 2.13. The second-order valence-corrected chi connectivity index (χ2v) is 28.9. The summed E-state index contributed by atoms with van der Waals surface area (Å²) in [6, 6.07) is 38.9. The molecule has 0 aliphatic carbocycles. The van der Waals surface area contributed by atoms with Crippen molar-refractivity contribution in [3.05, 3.63) is 202 Å². The number of methoxy groups -OCH3 is 1. The fourth-order valence-electron chi connectivity index (χ4n) is 12.0. The van der Waals surface area contributed by atoms with Crippen LogP contribution in [0.2, 0.25) is 5.02 Å². The Balaban J connectivity index is 0.000000255.